The number of aryl methyl sites for hydroxylation is 2. The average molecular weight is 429 g/mol. The Morgan fingerprint density at radius 2 is 2.00 bits per heavy atom. The second-order valence-electron chi connectivity index (χ2n) is 8.06. The zero-order valence-corrected chi connectivity index (χ0v) is 17.3. The molecule has 0 radical (unpaired) electrons. The maximum atomic E-state index is 13.6. The van der Waals surface area contributed by atoms with Crippen molar-refractivity contribution in [2.45, 2.75) is 31.9 Å². The first-order chi connectivity index (χ1) is 15.6. The Labute approximate surface area is 181 Å². The van der Waals surface area contributed by atoms with E-state index in [-0.39, 0.29) is 23.5 Å². The third kappa shape index (κ3) is 2.51. The summed E-state index contributed by atoms with van der Waals surface area (Å²) in [5.41, 5.74) is 2.03. The lowest BCUT2D eigenvalue weighted by molar-refractivity contribution is -0.151. The Morgan fingerprint density at radius 1 is 1.16 bits per heavy atom. The average Bonchev–Trinajstić information content (AvgIpc) is 3.40. The van der Waals surface area contributed by atoms with Gasteiger partial charge in [-0.05, 0) is 42.5 Å². The molecular formula is C25H19NO6. The summed E-state index contributed by atoms with van der Waals surface area (Å²) in [5.74, 6) is -1.27. The monoisotopic (exact) mass is 429 g/mol. The first kappa shape index (κ1) is 18.9. The summed E-state index contributed by atoms with van der Waals surface area (Å²) in [6.07, 6.45) is -0.386. The summed E-state index contributed by atoms with van der Waals surface area (Å²) < 4.78 is 18.6. The molecule has 0 aliphatic carbocycles. The van der Waals surface area contributed by atoms with Crippen molar-refractivity contribution in [3.63, 3.8) is 0 Å². The predicted molar refractivity (Wildman–Crippen MR) is 117 cm³/mol. The number of benzene rings is 2. The molecule has 2 aliphatic rings. The Balaban J connectivity index is 1.66. The maximum absolute atomic E-state index is 13.6. The van der Waals surface area contributed by atoms with Gasteiger partial charge in [0, 0.05) is 12.1 Å². The molecule has 0 amide bonds. The molecule has 4 aromatic rings. The van der Waals surface area contributed by atoms with Gasteiger partial charge in [0.25, 0.3) is 5.56 Å². The number of nitrogens with zero attached hydrogens (tertiary/aromatic N) is 1. The molecule has 32 heavy (non-hydrogen) atoms. The molecule has 6 rings (SSSR count). The van der Waals surface area contributed by atoms with Crippen LogP contribution in [0.2, 0.25) is 0 Å². The normalized spacial score (nSPS) is 18.7. The van der Waals surface area contributed by atoms with Gasteiger partial charge < -0.3 is 18.5 Å². The molecule has 2 aromatic carbocycles. The van der Waals surface area contributed by atoms with Crippen LogP contribution in [0.5, 0.6) is 5.75 Å². The number of ether oxygens (including phenoxy) is 2. The number of esters is 1. The predicted octanol–water partition coefficient (Wildman–Crippen LogP) is 3.12. The van der Waals surface area contributed by atoms with Crippen molar-refractivity contribution in [3.8, 4) is 5.75 Å². The van der Waals surface area contributed by atoms with Crippen molar-refractivity contribution in [2.75, 3.05) is 6.61 Å². The Bertz CT molecular complexity index is 1550. The van der Waals surface area contributed by atoms with E-state index in [1.165, 1.54) is 0 Å². The number of hydrogen-bond acceptors (Lipinski definition) is 6. The number of fused-ring (bicyclic) bond motifs is 3. The summed E-state index contributed by atoms with van der Waals surface area (Å²) in [6, 6.07) is 14.6. The van der Waals surface area contributed by atoms with Crippen LogP contribution in [0.15, 0.2) is 62.5 Å². The van der Waals surface area contributed by atoms with Gasteiger partial charge in [-0.3, -0.25) is 4.79 Å². The smallest absolute Gasteiger partial charge is 0.348 e. The fraction of sp³-hybridized carbons (Fsp3) is 0.240. The van der Waals surface area contributed by atoms with Crippen LogP contribution in [0.3, 0.4) is 0 Å². The second-order valence-corrected chi connectivity index (χ2v) is 8.06. The Hall–Kier alpha value is -3.87. The molecule has 2 aliphatic heterocycles. The van der Waals surface area contributed by atoms with E-state index >= 15 is 0 Å². The molecule has 0 spiro atoms. The third-order valence-electron chi connectivity index (χ3n) is 6.34. The number of hydrogen-bond donors (Lipinski definition) is 0. The number of rotatable bonds is 3. The molecule has 2 atom stereocenters. The van der Waals surface area contributed by atoms with Crippen LogP contribution in [-0.4, -0.2) is 23.2 Å². The van der Waals surface area contributed by atoms with Crippen molar-refractivity contribution in [1.82, 2.24) is 4.57 Å². The highest BCUT2D eigenvalue weighted by molar-refractivity contribution is 5.89. The summed E-state index contributed by atoms with van der Waals surface area (Å²) >= 11 is 0. The van der Waals surface area contributed by atoms with E-state index in [9.17, 15) is 14.4 Å². The van der Waals surface area contributed by atoms with Gasteiger partial charge >= 0.3 is 11.6 Å². The first-order valence-electron chi connectivity index (χ1n) is 10.6. The van der Waals surface area contributed by atoms with E-state index in [0.717, 1.165) is 22.9 Å². The van der Waals surface area contributed by atoms with Gasteiger partial charge in [0.2, 0.25) is 6.10 Å². The Morgan fingerprint density at radius 3 is 2.84 bits per heavy atom. The SMILES string of the molecule is CCOC(=O)[C@@H]1Oc2c(c(=O)oc3ccccc23)[C@@H]1c1cc2cccc3c2n(c1=O)CC3. The van der Waals surface area contributed by atoms with Crippen molar-refractivity contribution in [1.29, 1.82) is 0 Å². The minimum atomic E-state index is -1.15. The zero-order valence-electron chi connectivity index (χ0n) is 17.3. The fourth-order valence-corrected chi connectivity index (χ4v) is 5.02. The lowest BCUT2D eigenvalue weighted by Gasteiger charge is -2.18. The molecule has 7 nitrogen and oxygen atoms in total. The van der Waals surface area contributed by atoms with Gasteiger partial charge in [-0.1, -0.05) is 30.3 Å². The molecule has 0 unspecified atom stereocenters. The largest absolute Gasteiger partial charge is 0.476 e. The minimum absolute atomic E-state index is 0.155. The van der Waals surface area contributed by atoms with E-state index in [0.29, 0.717) is 23.1 Å². The lowest BCUT2D eigenvalue weighted by atomic mass is 9.88. The molecule has 0 saturated heterocycles. The van der Waals surface area contributed by atoms with E-state index in [2.05, 4.69) is 0 Å². The molecule has 4 heterocycles. The van der Waals surface area contributed by atoms with Crippen LogP contribution in [0.25, 0.3) is 21.9 Å². The quantitative estimate of drug-likeness (QED) is 0.367. The number of carbonyl (C=O) groups excluding carboxylic acids is 1. The zero-order chi connectivity index (χ0) is 22.0. The van der Waals surface area contributed by atoms with Crippen LogP contribution >= 0.6 is 0 Å². The number of pyridine rings is 1. The van der Waals surface area contributed by atoms with Crippen LogP contribution in [0, 0.1) is 0 Å². The van der Waals surface area contributed by atoms with Crippen molar-refractivity contribution < 1.29 is 18.7 Å². The molecule has 0 N–H and O–H groups in total. The van der Waals surface area contributed by atoms with Crippen LogP contribution in [0.1, 0.15) is 29.5 Å². The number of para-hydroxylation sites is 2. The van der Waals surface area contributed by atoms with E-state index in [1.807, 2.05) is 18.2 Å². The van der Waals surface area contributed by atoms with E-state index in [1.54, 1.807) is 41.8 Å². The van der Waals surface area contributed by atoms with Gasteiger partial charge in [0.1, 0.15) is 11.3 Å². The Kier molecular flexibility index (Phi) is 4.02. The maximum Gasteiger partial charge on any atom is 0.348 e. The molecule has 160 valence electrons. The first-order valence-corrected chi connectivity index (χ1v) is 10.6. The van der Waals surface area contributed by atoms with Crippen molar-refractivity contribution in [2.24, 2.45) is 0 Å². The van der Waals surface area contributed by atoms with E-state index < -0.39 is 23.6 Å². The molecule has 7 heteroatoms. The standard InChI is InChI=1S/C25H19NO6/c1-2-30-25(29)22-18(19-21(32-22)15-8-3-4-9-17(15)31-24(19)28)16-12-14-7-5-6-13-10-11-26(20(13)14)23(16)27/h3-9,12,18,22H,2,10-11H2,1H3/t18-,22+/m0/s1. The molecule has 0 fully saturated rings. The highest BCUT2D eigenvalue weighted by Gasteiger charge is 2.46. The second kappa shape index (κ2) is 6.82. The van der Waals surface area contributed by atoms with Gasteiger partial charge in [-0.2, -0.15) is 0 Å². The van der Waals surface area contributed by atoms with Crippen LogP contribution in [-0.2, 0) is 22.5 Å². The lowest BCUT2D eigenvalue weighted by Crippen LogP contribution is -2.36. The van der Waals surface area contributed by atoms with E-state index in [4.69, 9.17) is 13.9 Å². The van der Waals surface area contributed by atoms with Crippen molar-refractivity contribution in [3.05, 3.63) is 86.0 Å². The van der Waals surface area contributed by atoms with Gasteiger partial charge in [-0.15, -0.1) is 0 Å². The fourth-order valence-electron chi connectivity index (χ4n) is 5.02. The summed E-state index contributed by atoms with van der Waals surface area (Å²) in [6.45, 7) is 2.41. The molecular weight excluding hydrogens is 410 g/mol. The highest BCUT2D eigenvalue weighted by Crippen LogP contribution is 2.44. The molecule has 0 saturated carbocycles. The third-order valence-corrected chi connectivity index (χ3v) is 6.34. The topological polar surface area (TPSA) is 87.7 Å². The summed E-state index contributed by atoms with van der Waals surface area (Å²) in [5, 5.41) is 1.46. The number of aromatic nitrogens is 1. The van der Waals surface area contributed by atoms with Gasteiger partial charge in [0.15, 0.2) is 0 Å². The van der Waals surface area contributed by atoms with Gasteiger partial charge in [0.05, 0.1) is 29.0 Å². The van der Waals surface area contributed by atoms with Crippen molar-refractivity contribution >= 4 is 27.8 Å². The van der Waals surface area contributed by atoms with Gasteiger partial charge in [-0.25, -0.2) is 9.59 Å². The van der Waals surface area contributed by atoms with Crippen LogP contribution < -0.4 is 15.9 Å². The van der Waals surface area contributed by atoms with Crippen LogP contribution in [0.4, 0.5) is 0 Å². The number of carbonyl (C=O) groups is 1. The molecule has 2 aromatic heterocycles. The molecule has 0 bridgehead atoms. The summed E-state index contributed by atoms with van der Waals surface area (Å²) in [4.78, 5) is 39.5. The highest BCUT2D eigenvalue weighted by atomic mass is 16.6. The summed E-state index contributed by atoms with van der Waals surface area (Å²) in [7, 11) is 0. The minimum Gasteiger partial charge on any atom is -0.476 e.